The van der Waals surface area contributed by atoms with Gasteiger partial charge in [0.25, 0.3) is 0 Å². The van der Waals surface area contributed by atoms with E-state index in [2.05, 4.69) is 15.5 Å². The Kier molecular flexibility index (Phi) is 4.08. The maximum absolute atomic E-state index is 12.9. The van der Waals surface area contributed by atoms with Gasteiger partial charge in [0, 0.05) is 6.42 Å². The Balaban J connectivity index is 1.63. The summed E-state index contributed by atoms with van der Waals surface area (Å²) < 4.78 is 12.9. The number of amides is 1. The number of carboxylic acids is 1. The van der Waals surface area contributed by atoms with Gasteiger partial charge >= 0.3 is 5.97 Å². The number of carbonyl (C=O) groups is 2. The lowest BCUT2D eigenvalue weighted by Crippen LogP contribution is -2.17. The second kappa shape index (κ2) is 5.94. The third-order valence-corrected chi connectivity index (χ3v) is 5.18. The van der Waals surface area contributed by atoms with Gasteiger partial charge in [-0.3, -0.25) is 9.59 Å². The number of nitrogens with one attached hydrogen (secondary N) is 1. The fraction of sp³-hybridized carbons (Fsp3) is 0.375. The number of aliphatic carboxylic acids is 1. The Labute approximate surface area is 141 Å². The maximum atomic E-state index is 12.9. The summed E-state index contributed by atoms with van der Waals surface area (Å²) >= 11 is 1.22. The summed E-state index contributed by atoms with van der Waals surface area (Å²) in [7, 11) is 0. The number of hydrogen-bond acceptors (Lipinski definition) is 5. The summed E-state index contributed by atoms with van der Waals surface area (Å²) in [6.07, 6.45) is 0.487. The van der Waals surface area contributed by atoms with Crippen LogP contribution in [0.4, 0.5) is 9.52 Å². The van der Waals surface area contributed by atoms with Gasteiger partial charge in [-0.25, -0.2) is 4.39 Å². The summed E-state index contributed by atoms with van der Waals surface area (Å²) in [6.45, 7) is 3.52. The van der Waals surface area contributed by atoms with Crippen LogP contribution in [0, 0.1) is 23.1 Å². The largest absolute Gasteiger partial charge is 0.481 e. The highest BCUT2D eigenvalue weighted by Crippen LogP contribution is 2.58. The molecule has 0 saturated heterocycles. The molecule has 2 N–H and O–H groups in total. The molecule has 126 valence electrons. The van der Waals surface area contributed by atoms with Crippen LogP contribution in [0.2, 0.25) is 0 Å². The van der Waals surface area contributed by atoms with Crippen molar-refractivity contribution in [2.24, 2.45) is 17.3 Å². The molecule has 0 spiro atoms. The Hall–Kier alpha value is -2.35. The zero-order valence-corrected chi connectivity index (χ0v) is 13.9. The summed E-state index contributed by atoms with van der Waals surface area (Å²) in [6, 6.07) is 6.08. The van der Waals surface area contributed by atoms with E-state index in [4.69, 9.17) is 5.11 Å². The lowest BCUT2D eigenvalue weighted by molar-refractivity contribution is -0.140. The van der Waals surface area contributed by atoms with Crippen LogP contribution < -0.4 is 5.32 Å². The van der Waals surface area contributed by atoms with E-state index in [1.807, 2.05) is 0 Å². The molecule has 3 rings (SSSR count). The van der Waals surface area contributed by atoms with E-state index < -0.39 is 23.2 Å². The van der Waals surface area contributed by atoms with E-state index in [9.17, 15) is 14.0 Å². The van der Waals surface area contributed by atoms with Crippen molar-refractivity contribution in [1.29, 1.82) is 0 Å². The molecule has 0 bridgehead atoms. The van der Waals surface area contributed by atoms with Crippen LogP contribution in [0.15, 0.2) is 24.3 Å². The van der Waals surface area contributed by atoms with Crippen molar-refractivity contribution in [2.45, 2.75) is 20.3 Å². The number of benzene rings is 1. The Morgan fingerprint density at radius 3 is 2.50 bits per heavy atom. The maximum Gasteiger partial charge on any atom is 0.307 e. The zero-order valence-electron chi connectivity index (χ0n) is 13.1. The van der Waals surface area contributed by atoms with Crippen molar-refractivity contribution in [3.8, 4) is 0 Å². The second-order valence-electron chi connectivity index (χ2n) is 6.41. The first-order valence-electron chi connectivity index (χ1n) is 7.39. The van der Waals surface area contributed by atoms with E-state index in [-0.39, 0.29) is 11.7 Å². The van der Waals surface area contributed by atoms with Crippen LogP contribution >= 0.6 is 11.3 Å². The average molecular weight is 349 g/mol. The van der Waals surface area contributed by atoms with Crippen LogP contribution in [0.5, 0.6) is 0 Å². The Morgan fingerprint density at radius 1 is 1.25 bits per heavy atom. The predicted molar refractivity (Wildman–Crippen MR) is 86.1 cm³/mol. The van der Waals surface area contributed by atoms with E-state index in [0.29, 0.717) is 16.6 Å². The molecule has 8 heteroatoms. The number of anilines is 1. The van der Waals surface area contributed by atoms with Crippen molar-refractivity contribution < 1.29 is 19.1 Å². The molecule has 1 aliphatic rings. The smallest absolute Gasteiger partial charge is 0.307 e. The summed E-state index contributed by atoms with van der Waals surface area (Å²) in [4.78, 5) is 23.4. The van der Waals surface area contributed by atoms with Gasteiger partial charge in [-0.2, -0.15) is 0 Å². The Morgan fingerprint density at radius 2 is 1.92 bits per heavy atom. The fourth-order valence-corrected chi connectivity index (χ4v) is 3.70. The van der Waals surface area contributed by atoms with Gasteiger partial charge in [0.15, 0.2) is 0 Å². The second-order valence-corrected chi connectivity index (χ2v) is 7.47. The molecule has 1 heterocycles. The molecule has 1 fully saturated rings. The van der Waals surface area contributed by atoms with Gasteiger partial charge in [-0.1, -0.05) is 37.3 Å². The van der Waals surface area contributed by atoms with Gasteiger partial charge in [-0.15, -0.1) is 10.2 Å². The zero-order chi connectivity index (χ0) is 17.5. The summed E-state index contributed by atoms with van der Waals surface area (Å²) in [5, 5.41) is 20.7. The van der Waals surface area contributed by atoms with Gasteiger partial charge in [0.2, 0.25) is 11.0 Å². The molecule has 1 aliphatic carbocycles. The van der Waals surface area contributed by atoms with Gasteiger partial charge in [0.05, 0.1) is 11.8 Å². The monoisotopic (exact) mass is 349 g/mol. The highest BCUT2D eigenvalue weighted by molar-refractivity contribution is 7.15. The first-order chi connectivity index (χ1) is 11.3. The van der Waals surface area contributed by atoms with E-state index in [1.54, 1.807) is 26.0 Å². The molecule has 1 saturated carbocycles. The predicted octanol–water partition coefficient (Wildman–Crippen LogP) is 2.56. The van der Waals surface area contributed by atoms with Crippen LogP contribution in [0.3, 0.4) is 0 Å². The quantitative estimate of drug-likeness (QED) is 0.865. The van der Waals surface area contributed by atoms with Crippen molar-refractivity contribution in [3.05, 3.63) is 40.7 Å². The van der Waals surface area contributed by atoms with Crippen LogP contribution in [-0.4, -0.2) is 27.2 Å². The number of nitrogens with zero attached hydrogens (tertiary/aromatic N) is 2. The molecule has 0 unspecified atom stereocenters. The highest BCUT2D eigenvalue weighted by atomic mass is 32.1. The standard InChI is InChI=1S/C16H16FN3O3S/c1-16(2)11(12(16)14(22)23)13(21)18-15-20-19-10(24-15)7-8-3-5-9(17)6-4-8/h3-6,11-12H,7H2,1-2H3,(H,22,23)(H,18,20,21)/t11-,12+/m1/s1. The van der Waals surface area contributed by atoms with E-state index in [1.165, 1.54) is 23.5 Å². The van der Waals surface area contributed by atoms with E-state index >= 15 is 0 Å². The Bertz CT molecular complexity index is 788. The van der Waals surface area contributed by atoms with Gasteiger partial charge in [-0.05, 0) is 23.1 Å². The molecule has 0 radical (unpaired) electrons. The van der Waals surface area contributed by atoms with Crippen LogP contribution in [0.25, 0.3) is 0 Å². The van der Waals surface area contributed by atoms with Gasteiger partial charge < -0.3 is 10.4 Å². The molecule has 6 nitrogen and oxygen atoms in total. The number of aromatic nitrogens is 2. The molecule has 24 heavy (non-hydrogen) atoms. The third kappa shape index (κ3) is 3.14. The number of rotatable bonds is 5. The van der Waals surface area contributed by atoms with Crippen molar-refractivity contribution in [1.82, 2.24) is 10.2 Å². The molecule has 1 amide bonds. The van der Waals surface area contributed by atoms with Gasteiger partial charge in [0.1, 0.15) is 10.8 Å². The van der Waals surface area contributed by atoms with Crippen molar-refractivity contribution >= 4 is 28.3 Å². The van der Waals surface area contributed by atoms with Crippen LogP contribution in [-0.2, 0) is 16.0 Å². The van der Waals surface area contributed by atoms with Crippen LogP contribution in [0.1, 0.15) is 24.4 Å². The SMILES string of the molecule is CC1(C)[C@H](C(=O)O)[C@@H]1C(=O)Nc1nnc(Cc2ccc(F)cc2)s1. The van der Waals surface area contributed by atoms with E-state index in [0.717, 1.165) is 5.56 Å². The minimum Gasteiger partial charge on any atom is -0.481 e. The number of halogens is 1. The first kappa shape index (κ1) is 16.5. The molecule has 2 atom stereocenters. The molecule has 0 aliphatic heterocycles. The highest BCUT2D eigenvalue weighted by Gasteiger charge is 2.66. The lowest BCUT2D eigenvalue weighted by Gasteiger charge is -2.01. The number of hydrogen-bond donors (Lipinski definition) is 2. The number of carboxylic acid groups (broad SMARTS) is 1. The molecular formula is C16H16FN3O3S. The minimum absolute atomic E-state index is 0.302. The van der Waals surface area contributed by atoms with Crippen molar-refractivity contribution in [2.75, 3.05) is 5.32 Å². The average Bonchev–Trinajstić information content (AvgIpc) is 2.85. The first-order valence-corrected chi connectivity index (χ1v) is 8.21. The van der Waals surface area contributed by atoms with Crippen molar-refractivity contribution in [3.63, 3.8) is 0 Å². The molecule has 1 aromatic carbocycles. The summed E-state index contributed by atoms with van der Waals surface area (Å²) in [5.74, 6) is -2.86. The third-order valence-electron chi connectivity index (χ3n) is 4.34. The normalized spacial score (nSPS) is 21.3. The summed E-state index contributed by atoms with van der Waals surface area (Å²) in [5.41, 5.74) is 0.331. The topological polar surface area (TPSA) is 92.2 Å². The fourth-order valence-electron chi connectivity index (χ4n) is 2.92. The molecule has 2 aromatic rings. The minimum atomic E-state index is -0.964. The molecule has 1 aromatic heterocycles. The lowest BCUT2D eigenvalue weighted by atomic mass is 10.1. The molecular weight excluding hydrogens is 333 g/mol. The number of carbonyl (C=O) groups excluding carboxylic acids is 1.